The summed E-state index contributed by atoms with van der Waals surface area (Å²) in [7, 11) is -2.32. The Kier molecular flexibility index (Phi) is 3.67. The van der Waals surface area contributed by atoms with Crippen molar-refractivity contribution in [2.24, 2.45) is 5.14 Å². The van der Waals surface area contributed by atoms with Gasteiger partial charge in [0, 0.05) is 0 Å². The van der Waals surface area contributed by atoms with Gasteiger partial charge in [0.15, 0.2) is 0 Å². The minimum Gasteiger partial charge on any atom is -0.497 e. The van der Waals surface area contributed by atoms with Crippen LogP contribution in [0, 0.1) is 6.92 Å². The molecule has 0 radical (unpaired) electrons. The van der Waals surface area contributed by atoms with Crippen LogP contribution in [0.2, 0.25) is 0 Å². The van der Waals surface area contributed by atoms with Crippen molar-refractivity contribution in [2.75, 3.05) is 7.11 Å². The Morgan fingerprint density at radius 3 is 2.53 bits per heavy atom. The lowest BCUT2D eigenvalue weighted by Crippen LogP contribution is -2.15. The molecule has 1 aromatic carbocycles. The zero-order valence-corrected chi connectivity index (χ0v) is 9.37. The molecule has 0 spiro atoms. The van der Waals surface area contributed by atoms with Crippen molar-refractivity contribution < 1.29 is 17.3 Å². The molecule has 2 N–H and O–H groups in total. The van der Waals surface area contributed by atoms with Crippen molar-refractivity contribution in [3.8, 4) is 5.75 Å². The van der Waals surface area contributed by atoms with Crippen molar-refractivity contribution in [1.29, 1.82) is 0 Å². The molecule has 84 valence electrons. The lowest BCUT2D eigenvalue weighted by molar-refractivity contribution is 0.307. The SMILES string of the molecule is COc1ccc(COS(N)(=O)=O)c(C)c1. The quantitative estimate of drug-likeness (QED) is 0.828. The summed E-state index contributed by atoms with van der Waals surface area (Å²) < 4.78 is 30.6. The average Bonchev–Trinajstić information content (AvgIpc) is 2.14. The Labute approximate surface area is 89.1 Å². The fourth-order valence-electron chi connectivity index (χ4n) is 1.10. The summed E-state index contributed by atoms with van der Waals surface area (Å²) in [6, 6.07) is 5.26. The van der Waals surface area contributed by atoms with Gasteiger partial charge in [0.25, 0.3) is 0 Å². The van der Waals surface area contributed by atoms with Crippen LogP contribution in [0.15, 0.2) is 18.2 Å². The lowest BCUT2D eigenvalue weighted by Gasteiger charge is -2.07. The predicted octanol–water partition coefficient (Wildman–Crippen LogP) is 0.724. The Hall–Kier alpha value is -1.11. The fraction of sp³-hybridized carbons (Fsp3) is 0.333. The second-order valence-corrected chi connectivity index (χ2v) is 4.27. The molecule has 15 heavy (non-hydrogen) atoms. The van der Waals surface area contributed by atoms with E-state index in [4.69, 9.17) is 9.88 Å². The maximum Gasteiger partial charge on any atom is 0.333 e. The molecule has 0 aliphatic rings. The highest BCUT2D eigenvalue weighted by Gasteiger charge is 2.05. The minimum atomic E-state index is -3.89. The molecule has 0 unspecified atom stereocenters. The number of methoxy groups -OCH3 is 1. The molecular weight excluding hydrogens is 218 g/mol. The highest BCUT2D eigenvalue weighted by Crippen LogP contribution is 2.17. The third-order valence-corrected chi connectivity index (χ3v) is 2.37. The van der Waals surface area contributed by atoms with Crippen molar-refractivity contribution in [1.82, 2.24) is 0 Å². The molecule has 0 aliphatic carbocycles. The summed E-state index contributed by atoms with van der Waals surface area (Å²) in [6.45, 7) is 1.78. The number of hydrogen-bond donors (Lipinski definition) is 1. The second-order valence-electron chi connectivity index (χ2n) is 3.05. The van der Waals surface area contributed by atoms with E-state index in [0.717, 1.165) is 11.1 Å². The van der Waals surface area contributed by atoms with Crippen LogP contribution in [-0.2, 0) is 21.1 Å². The highest BCUT2D eigenvalue weighted by atomic mass is 32.2. The molecule has 0 bridgehead atoms. The highest BCUT2D eigenvalue weighted by molar-refractivity contribution is 7.84. The third kappa shape index (κ3) is 3.86. The van der Waals surface area contributed by atoms with Gasteiger partial charge in [-0.2, -0.15) is 8.42 Å². The van der Waals surface area contributed by atoms with Gasteiger partial charge in [0.05, 0.1) is 13.7 Å². The van der Waals surface area contributed by atoms with Gasteiger partial charge in [0.2, 0.25) is 0 Å². The van der Waals surface area contributed by atoms with E-state index in [1.807, 2.05) is 6.92 Å². The van der Waals surface area contributed by atoms with Crippen molar-refractivity contribution in [3.63, 3.8) is 0 Å². The third-order valence-electron chi connectivity index (χ3n) is 1.93. The number of ether oxygens (including phenoxy) is 1. The second kappa shape index (κ2) is 4.61. The first-order valence-electron chi connectivity index (χ1n) is 4.23. The first-order chi connectivity index (χ1) is 6.92. The van der Waals surface area contributed by atoms with Crippen LogP contribution in [0.3, 0.4) is 0 Å². The summed E-state index contributed by atoms with van der Waals surface area (Å²) >= 11 is 0. The smallest absolute Gasteiger partial charge is 0.333 e. The molecule has 6 heteroatoms. The molecule has 1 rings (SSSR count). The van der Waals surface area contributed by atoms with Gasteiger partial charge in [-0.05, 0) is 30.2 Å². The van der Waals surface area contributed by atoms with E-state index in [0.29, 0.717) is 5.75 Å². The van der Waals surface area contributed by atoms with Gasteiger partial charge in [-0.3, -0.25) is 4.18 Å². The standard InChI is InChI=1S/C9H13NO4S/c1-7-5-9(13-2)4-3-8(7)6-14-15(10,11)12/h3-5H,6H2,1-2H3,(H2,10,11,12). The van der Waals surface area contributed by atoms with Crippen LogP contribution in [0.5, 0.6) is 5.75 Å². The maximum atomic E-state index is 10.6. The number of benzene rings is 1. The van der Waals surface area contributed by atoms with E-state index in [1.54, 1.807) is 25.3 Å². The molecule has 0 saturated carbocycles. The van der Waals surface area contributed by atoms with Gasteiger partial charge >= 0.3 is 10.3 Å². The maximum absolute atomic E-state index is 10.6. The van der Waals surface area contributed by atoms with Crippen LogP contribution in [0.4, 0.5) is 0 Å². The summed E-state index contributed by atoms with van der Waals surface area (Å²) in [5.74, 6) is 0.715. The monoisotopic (exact) mass is 231 g/mol. The molecule has 0 heterocycles. The zero-order valence-electron chi connectivity index (χ0n) is 8.56. The molecule has 0 aliphatic heterocycles. The first-order valence-corrected chi connectivity index (χ1v) is 5.70. The fourth-order valence-corrected chi connectivity index (χ4v) is 1.39. The lowest BCUT2D eigenvalue weighted by atomic mass is 10.1. The van der Waals surface area contributed by atoms with E-state index in [-0.39, 0.29) is 6.61 Å². The van der Waals surface area contributed by atoms with E-state index in [1.165, 1.54) is 0 Å². The molecule has 0 aromatic heterocycles. The van der Waals surface area contributed by atoms with Crippen molar-refractivity contribution >= 4 is 10.3 Å². The van der Waals surface area contributed by atoms with E-state index >= 15 is 0 Å². The topological polar surface area (TPSA) is 78.6 Å². The van der Waals surface area contributed by atoms with Gasteiger partial charge < -0.3 is 4.74 Å². The van der Waals surface area contributed by atoms with Crippen LogP contribution in [-0.4, -0.2) is 15.5 Å². The summed E-state index contributed by atoms with van der Waals surface area (Å²) in [5.41, 5.74) is 1.64. The van der Waals surface area contributed by atoms with E-state index in [9.17, 15) is 8.42 Å². The van der Waals surface area contributed by atoms with Crippen LogP contribution in [0.25, 0.3) is 0 Å². The number of rotatable bonds is 4. The Morgan fingerprint density at radius 2 is 2.07 bits per heavy atom. The Balaban J connectivity index is 2.79. The van der Waals surface area contributed by atoms with Gasteiger partial charge in [0.1, 0.15) is 5.75 Å². The molecule has 0 saturated heterocycles. The molecule has 0 fully saturated rings. The van der Waals surface area contributed by atoms with E-state index < -0.39 is 10.3 Å². The number of hydrogen-bond acceptors (Lipinski definition) is 4. The van der Waals surface area contributed by atoms with Gasteiger partial charge in [-0.1, -0.05) is 6.07 Å². The minimum absolute atomic E-state index is 0.0609. The van der Waals surface area contributed by atoms with Gasteiger partial charge in [-0.25, -0.2) is 5.14 Å². The Bertz CT molecular complexity index is 441. The average molecular weight is 231 g/mol. The predicted molar refractivity (Wildman–Crippen MR) is 55.6 cm³/mol. The molecular formula is C9H13NO4S. The van der Waals surface area contributed by atoms with Crippen LogP contribution < -0.4 is 9.88 Å². The molecule has 1 aromatic rings. The van der Waals surface area contributed by atoms with Crippen molar-refractivity contribution in [3.05, 3.63) is 29.3 Å². The molecule has 0 amide bonds. The van der Waals surface area contributed by atoms with E-state index in [2.05, 4.69) is 4.18 Å². The summed E-state index contributed by atoms with van der Waals surface area (Å²) in [6.07, 6.45) is 0. The first kappa shape index (κ1) is 12.0. The summed E-state index contributed by atoms with van der Waals surface area (Å²) in [5, 5.41) is 4.71. The van der Waals surface area contributed by atoms with Crippen LogP contribution >= 0.6 is 0 Å². The number of nitrogens with two attached hydrogens (primary N) is 1. The number of aryl methyl sites for hydroxylation is 1. The zero-order chi connectivity index (χ0) is 11.5. The molecule has 5 nitrogen and oxygen atoms in total. The van der Waals surface area contributed by atoms with Gasteiger partial charge in [-0.15, -0.1) is 0 Å². The van der Waals surface area contributed by atoms with Crippen LogP contribution in [0.1, 0.15) is 11.1 Å². The Morgan fingerprint density at radius 1 is 1.40 bits per heavy atom. The largest absolute Gasteiger partial charge is 0.497 e. The van der Waals surface area contributed by atoms with Crippen molar-refractivity contribution in [2.45, 2.75) is 13.5 Å². The molecule has 0 atom stereocenters. The normalized spacial score (nSPS) is 11.4. The summed E-state index contributed by atoms with van der Waals surface area (Å²) in [4.78, 5) is 0.